The maximum atomic E-state index is 5.74. The molecule has 2 atom stereocenters. The number of nitrogens with one attached hydrogen (secondary N) is 1. The van der Waals surface area contributed by atoms with E-state index in [0.29, 0.717) is 25.4 Å². The molecule has 1 N–H and O–H groups in total. The molecule has 0 aromatic rings. The molecule has 64 valence electrons. The van der Waals surface area contributed by atoms with E-state index in [1.54, 1.807) is 0 Å². The van der Waals surface area contributed by atoms with Crippen molar-refractivity contribution in [2.24, 2.45) is 0 Å². The van der Waals surface area contributed by atoms with Gasteiger partial charge in [-0.1, -0.05) is 0 Å². The first-order valence-corrected chi connectivity index (χ1v) is 4.23. The minimum atomic E-state index is -0.128. The van der Waals surface area contributed by atoms with Crippen molar-refractivity contribution in [1.29, 1.82) is 0 Å². The molecule has 0 saturated carbocycles. The minimum Gasteiger partial charge on any atom is -0.372 e. The molecule has 2 saturated heterocycles. The Morgan fingerprint density at radius 1 is 1.36 bits per heavy atom. The van der Waals surface area contributed by atoms with Gasteiger partial charge in [0.15, 0.2) is 5.72 Å². The highest BCUT2D eigenvalue weighted by atomic mass is 16.6. The van der Waals surface area contributed by atoms with Gasteiger partial charge in [0.1, 0.15) is 0 Å². The summed E-state index contributed by atoms with van der Waals surface area (Å²) in [7, 11) is 0. The molecule has 1 spiro atoms. The Bertz CT molecular complexity index is 144. The fourth-order valence-electron chi connectivity index (χ4n) is 1.91. The van der Waals surface area contributed by atoms with E-state index in [1.165, 1.54) is 0 Å². The van der Waals surface area contributed by atoms with Crippen LogP contribution in [-0.4, -0.2) is 31.1 Å². The van der Waals surface area contributed by atoms with Gasteiger partial charge in [-0.25, -0.2) is 0 Å². The van der Waals surface area contributed by atoms with E-state index in [2.05, 4.69) is 19.2 Å². The third-order valence-electron chi connectivity index (χ3n) is 2.29. The second-order valence-corrected chi connectivity index (χ2v) is 3.70. The van der Waals surface area contributed by atoms with Crippen LogP contribution in [0.1, 0.15) is 20.3 Å². The number of rotatable bonds is 0. The fourth-order valence-corrected chi connectivity index (χ4v) is 1.91. The molecule has 0 aromatic heterocycles. The van der Waals surface area contributed by atoms with Crippen LogP contribution < -0.4 is 5.32 Å². The Morgan fingerprint density at radius 2 is 2.09 bits per heavy atom. The summed E-state index contributed by atoms with van der Waals surface area (Å²) >= 11 is 0. The van der Waals surface area contributed by atoms with E-state index in [0.717, 1.165) is 6.42 Å². The third-order valence-corrected chi connectivity index (χ3v) is 2.29. The second kappa shape index (κ2) is 2.44. The molecule has 2 heterocycles. The normalized spacial score (nSPS) is 42.0. The Labute approximate surface area is 67.1 Å². The van der Waals surface area contributed by atoms with Crippen LogP contribution in [-0.2, 0) is 9.47 Å². The van der Waals surface area contributed by atoms with Crippen LogP contribution in [0.3, 0.4) is 0 Å². The Balaban J connectivity index is 2.00. The van der Waals surface area contributed by atoms with Gasteiger partial charge >= 0.3 is 0 Å². The van der Waals surface area contributed by atoms with E-state index >= 15 is 0 Å². The standard InChI is InChI=1S/C8H15NO2/c1-6-3-7(2)11-8(9-6)4-10-5-8/h6-7,9H,3-5H2,1-2H3. The third kappa shape index (κ3) is 1.28. The molecule has 11 heavy (non-hydrogen) atoms. The lowest BCUT2D eigenvalue weighted by molar-refractivity contribution is -0.265. The molecule has 0 radical (unpaired) electrons. The molecular formula is C8H15NO2. The van der Waals surface area contributed by atoms with Crippen LogP contribution in [0.5, 0.6) is 0 Å². The van der Waals surface area contributed by atoms with Crippen LogP contribution in [0.2, 0.25) is 0 Å². The first-order valence-electron chi connectivity index (χ1n) is 4.23. The first kappa shape index (κ1) is 7.53. The largest absolute Gasteiger partial charge is 0.372 e. The molecule has 2 rings (SSSR count). The summed E-state index contributed by atoms with van der Waals surface area (Å²) in [5.74, 6) is 0. The molecule has 0 bridgehead atoms. The van der Waals surface area contributed by atoms with E-state index in [1.807, 2.05) is 0 Å². The van der Waals surface area contributed by atoms with Crippen molar-refractivity contribution in [3.63, 3.8) is 0 Å². The van der Waals surface area contributed by atoms with Crippen molar-refractivity contribution >= 4 is 0 Å². The van der Waals surface area contributed by atoms with E-state index in [4.69, 9.17) is 9.47 Å². The second-order valence-electron chi connectivity index (χ2n) is 3.70. The smallest absolute Gasteiger partial charge is 0.166 e. The molecule has 2 aliphatic heterocycles. The van der Waals surface area contributed by atoms with Crippen molar-refractivity contribution in [2.45, 2.75) is 38.1 Å². The van der Waals surface area contributed by atoms with Gasteiger partial charge in [0.2, 0.25) is 0 Å². The number of hydrogen-bond donors (Lipinski definition) is 1. The van der Waals surface area contributed by atoms with Crippen molar-refractivity contribution in [2.75, 3.05) is 13.2 Å². The summed E-state index contributed by atoms with van der Waals surface area (Å²) < 4.78 is 10.9. The topological polar surface area (TPSA) is 30.5 Å². The fraction of sp³-hybridized carbons (Fsp3) is 1.00. The van der Waals surface area contributed by atoms with Crippen molar-refractivity contribution in [3.8, 4) is 0 Å². The predicted molar refractivity (Wildman–Crippen MR) is 41.3 cm³/mol. The summed E-state index contributed by atoms with van der Waals surface area (Å²) in [4.78, 5) is 0. The predicted octanol–water partition coefficient (Wildman–Crippen LogP) is 0.500. The SMILES string of the molecule is CC1CC(C)OC2(COC2)N1. The van der Waals surface area contributed by atoms with Crippen LogP contribution in [0.15, 0.2) is 0 Å². The molecule has 2 fully saturated rings. The highest BCUT2D eigenvalue weighted by molar-refractivity contribution is 4.92. The summed E-state index contributed by atoms with van der Waals surface area (Å²) in [5.41, 5.74) is -0.128. The zero-order valence-corrected chi connectivity index (χ0v) is 7.09. The van der Waals surface area contributed by atoms with Crippen LogP contribution in [0.4, 0.5) is 0 Å². The van der Waals surface area contributed by atoms with Crippen molar-refractivity contribution in [3.05, 3.63) is 0 Å². The van der Waals surface area contributed by atoms with Gasteiger partial charge < -0.3 is 9.47 Å². The number of hydrogen-bond acceptors (Lipinski definition) is 3. The Hall–Kier alpha value is -0.120. The molecule has 0 amide bonds. The minimum absolute atomic E-state index is 0.128. The highest BCUT2D eigenvalue weighted by Gasteiger charge is 2.44. The molecular weight excluding hydrogens is 142 g/mol. The van der Waals surface area contributed by atoms with E-state index in [-0.39, 0.29) is 5.72 Å². The zero-order chi connectivity index (χ0) is 7.90. The molecule has 0 aliphatic carbocycles. The van der Waals surface area contributed by atoms with E-state index in [9.17, 15) is 0 Å². The lowest BCUT2D eigenvalue weighted by Crippen LogP contribution is -2.68. The maximum Gasteiger partial charge on any atom is 0.166 e. The van der Waals surface area contributed by atoms with Crippen molar-refractivity contribution in [1.82, 2.24) is 5.32 Å². The molecule has 2 unspecified atom stereocenters. The lowest BCUT2D eigenvalue weighted by Gasteiger charge is -2.49. The van der Waals surface area contributed by atoms with Gasteiger partial charge in [-0.3, -0.25) is 5.32 Å². The van der Waals surface area contributed by atoms with Crippen molar-refractivity contribution < 1.29 is 9.47 Å². The monoisotopic (exact) mass is 157 g/mol. The maximum absolute atomic E-state index is 5.74. The number of ether oxygens (including phenoxy) is 2. The summed E-state index contributed by atoms with van der Waals surface area (Å²) in [5, 5.41) is 3.41. The van der Waals surface area contributed by atoms with Gasteiger partial charge in [0, 0.05) is 6.04 Å². The molecule has 3 nitrogen and oxygen atoms in total. The Kier molecular flexibility index (Phi) is 1.67. The van der Waals surface area contributed by atoms with Gasteiger partial charge in [-0.15, -0.1) is 0 Å². The molecule has 3 heteroatoms. The summed E-state index contributed by atoms with van der Waals surface area (Å²) in [6.07, 6.45) is 1.47. The summed E-state index contributed by atoms with van der Waals surface area (Å²) in [6.45, 7) is 5.74. The van der Waals surface area contributed by atoms with Gasteiger partial charge in [0.25, 0.3) is 0 Å². The van der Waals surface area contributed by atoms with Crippen LogP contribution in [0, 0.1) is 0 Å². The lowest BCUT2D eigenvalue weighted by atomic mass is 10.0. The van der Waals surface area contributed by atoms with Gasteiger partial charge in [-0.2, -0.15) is 0 Å². The average Bonchev–Trinajstić information content (AvgIpc) is 1.82. The first-order chi connectivity index (χ1) is 5.20. The molecule has 2 aliphatic rings. The van der Waals surface area contributed by atoms with Crippen LogP contribution in [0.25, 0.3) is 0 Å². The average molecular weight is 157 g/mol. The summed E-state index contributed by atoms with van der Waals surface area (Å²) in [6, 6.07) is 0.558. The van der Waals surface area contributed by atoms with Crippen LogP contribution >= 0.6 is 0 Å². The van der Waals surface area contributed by atoms with Gasteiger partial charge in [0.05, 0.1) is 19.3 Å². The quantitative estimate of drug-likeness (QED) is 0.555. The van der Waals surface area contributed by atoms with E-state index < -0.39 is 0 Å². The van der Waals surface area contributed by atoms with Gasteiger partial charge in [-0.05, 0) is 20.3 Å². The zero-order valence-electron chi connectivity index (χ0n) is 7.09. The highest BCUT2D eigenvalue weighted by Crippen LogP contribution is 2.27. The Morgan fingerprint density at radius 3 is 2.55 bits per heavy atom. The molecule has 0 aromatic carbocycles.